The molecule has 0 heterocycles. The molecular formula is C15H19N3O2. The van der Waals surface area contributed by atoms with Crippen molar-refractivity contribution in [1.29, 1.82) is 0 Å². The Kier molecular flexibility index (Phi) is 5.76. The first-order valence-electron chi connectivity index (χ1n) is 6.89. The average molecular weight is 273 g/mol. The molecule has 0 aliphatic heterocycles. The van der Waals surface area contributed by atoms with E-state index in [1.807, 2.05) is 30.3 Å². The molecule has 0 saturated heterocycles. The lowest BCUT2D eigenvalue weighted by molar-refractivity contribution is -0.125. The molecule has 0 atom stereocenters. The lowest BCUT2D eigenvalue weighted by Crippen LogP contribution is -2.24. The lowest BCUT2D eigenvalue weighted by Gasteiger charge is -2.11. The Morgan fingerprint density at radius 3 is 2.70 bits per heavy atom. The van der Waals surface area contributed by atoms with Gasteiger partial charge in [-0.2, -0.15) is 5.10 Å². The second-order valence-electron chi connectivity index (χ2n) is 4.69. The third kappa shape index (κ3) is 5.22. The molecule has 106 valence electrons. The van der Waals surface area contributed by atoms with Gasteiger partial charge in [0.1, 0.15) is 0 Å². The van der Waals surface area contributed by atoms with Crippen LogP contribution in [0.4, 0.5) is 0 Å². The summed E-state index contributed by atoms with van der Waals surface area (Å²) >= 11 is 0. The topological polar surface area (TPSA) is 63.0 Å². The van der Waals surface area contributed by atoms with E-state index in [0.29, 0.717) is 0 Å². The number of oxime groups is 1. The van der Waals surface area contributed by atoms with E-state index in [0.717, 1.165) is 37.0 Å². The van der Waals surface area contributed by atoms with Crippen molar-refractivity contribution in [2.45, 2.75) is 32.1 Å². The molecule has 1 saturated carbocycles. The first-order valence-corrected chi connectivity index (χ1v) is 6.89. The van der Waals surface area contributed by atoms with Crippen LogP contribution in [0.1, 0.15) is 37.7 Å². The number of carbonyl (C=O) groups is 1. The van der Waals surface area contributed by atoms with Gasteiger partial charge in [-0.15, -0.1) is 0 Å². The van der Waals surface area contributed by atoms with Gasteiger partial charge >= 0.3 is 0 Å². The fourth-order valence-corrected chi connectivity index (χ4v) is 1.98. The standard InChI is InChI=1S/C15H19N3O2/c19-15(18-17-14-9-5-2-6-10-14)12-20-16-11-13-7-3-1-4-8-13/h1,3-4,7-8,11H,2,5-6,9-10,12H2,(H,18,19)/b16-11-. The minimum Gasteiger partial charge on any atom is -0.386 e. The lowest BCUT2D eigenvalue weighted by atomic mass is 9.99. The Bertz CT molecular complexity index is 475. The van der Waals surface area contributed by atoms with Crippen molar-refractivity contribution in [2.75, 3.05) is 6.61 Å². The van der Waals surface area contributed by atoms with Gasteiger partial charge in [-0.1, -0.05) is 41.9 Å². The van der Waals surface area contributed by atoms with Crippen molar-refractivity contribution < 1.29 is 9.63 Å². The predicted molar refractivity (Wildman–Crippen MR) is 78.7 cm³/mol. The third-order valence-electron chi connectivity index (χ3n) is 3.04. The van der Waals surface area contributed by atoms with Crippen LogP contribution in [0, 0.1) is 0 Å². The van der Waals surface area contributed by atoms with E-state index >= 15 is 0 Å². The van der Waals surface area contributed by atoms with Gasteiger partial charge in [-0.05, 0) is 31.2 Å². The normalized spacial score (nSPS) is 15.1. The summed E-state index contributed by atoms with van der Waals surface area (Å²) < 4.78 is 0. The number of nitrogens with one attached hydrogen (secondary N) is 1. The Labute approximate surface area is 118 Å². The van der Waals surface area contributed by atoms with Crippen LogP contribution < -0.4 is 5.43 Å². The van der Waals surface area contributed by atoms with Crippen LogP contribution in [0.25, 0.3) is 0 Å². The number of nitrogens with zero attached hydrogens (tertiary/aromatic N) is 2. The van der Waals surface area contributed by atoms with Crippen LogP contribution >= 0.6 is 0 Å². The summed E-state index contributed by atoms with van der Waals surface area (Å²) in [6, 6.07) is 9.56. The van der Waals surface area contributed by atoms with E-state index in [2.05, 4.69) is 15.7 Å². The van der Waals surface area contributed by atoms with Gasteiger partial charge in [0, 0.05) is 5.71 Å². The summed E-state index contributed by atoms with van der Waals surface area (Å²) in [6.45, 7) is -0.125. The Morgan fingerprint density at radius 2 is 1.95 bits per heavy atom. The highest BCUT2D eigenvalue weighted by Gasteiger charge is 2.07. The highest BCUT2D eigenvalue weighted by Crippen LogP contribution is 2.14. The summed E-state index contributed by atoms with van der Waals surface area (Å²) in [4.78, 5) is 16.4. The fourth-order valence-electron chi connectivity index (χ4n) is 1.98. The molecule has 1 aliphatic carbocycles. The molecule has 1 N–H and O–H groups in total. The maximum Gasteiger partial charge on any atom is 0.280 e. The number of hydrogen-bond acceptors (Lipinski definition) is 4. The Hall–Kier alpha value is -2.17. The van der Waals surface area contributed by atoms with E-state index in [9.17, 15) is 4.79 Å². The van der Waals surface area contributed by atoms with Crippen molar-refractivity contribution in [3.05, 3.63) is 35.9 Å². The number of hydrazone groups is 1. The molecule has 2 rings (SSSR count). The molecule has 1 amide bonds. The SMILES string of the molecule is O=C(CO/N=C\c1ccccc1)NN=C1CCCCC1. The Balaban J connectivity index is 1.66. The highest BCUT2D eigenvalue weighted by atomic mass is 16.6. The van der Waals surface area contributed by atoms with E-state index < -0.39 is 0 Å². The minimum atomic E-state index is -0.284. The number of carbonyl (C=O) groups excluding carboxylic acids is 1. The van der Waals surface area contributed by atoms with Gasteiger partial charge < -0.3 is 4.84 Å². The Morgan fingerprint density at radius 1 is 1.20 bits per heavy atom. The fraction of sp³-hybridized carbons (Fsp3) is 0.400. The van der Waals surface area contributed by atoms with Gasteiger partial charge in [-0.3, -0.25) is 4.79 Å². The molecule has 1 aromatic rings. The van der Waals surface area contributed by atoms with Gasteiger partial charge in [0.15, 0.2) is 6.61 Å². The quantitative estimate of drug-likeness (QED) is 0.661. The summed E-state index contributed by atoms with van der Waals surface area (Å²) in [5.74, 6) is -0.284. The van der Waals surface area contributed by atoms with Gasteiger partial charge in [0.2, 0.25) is 0 Å². The molecule has 0 bridgehead atoms. The summed E-state index contributed by atoms with van der Waals surface area (Å²) in [5, 5.41) is 7.85. The number of amides is 1. The number of rotatable bonds is 5. The smallest absolute Gasteiger partial charge is 0.280 e. The first-order chi connectivity index (χ1) is 9.84. The van der Waals surface area contributed by atoms with Crippen LogP contribution in [0.2, 0.25) is 0 Å². The summed E-state index contributed by atoms with van der Waals surface area (Å²) in [6.07, 6.45) is 7.10. The van der Waals surface area contributed by atoms with Crippen molar-refractivity contribution in [3.8, 4) is 0 Å². The largest absolute Gasteiger partial charge is 0.386 e. The van der Waals surface area contributed by atoms with E-state index in [-0.39, 0.29) is 12.5 Å². The van der Waals surface area contributed by atoms with Crippen LogP contribution in [-0.2, 0) is 9.63 Å². The van der Waals surface area contributed by atoms with E-state index in [4.69, 9.17) is 4.84 Å². The molecule has 1 aliphatic rings. The monoisotopic (exact) mass is 273 g/mol. The zero-order valence-corrected chi connectivity index (χ0v) is 11.4. The molecule has 0 spiro atoms. The zero-order valence-electron chi connectivity index (χ0n) is 11.4. The second-order valence-corrected chi connectivity index (χ2v) is 4.69. The predicted octanol–water partition coefficient (Wildman–Crippen LogP) is 2.47. The molecule has 5 heteroatoms. The van der Waals surface area contributed by atoms with Crippen molar-refractivity contribution in [1.82, 2.24) is 5.43 Å². The molecule has 0 aromatic heterocycles. The van der Waals surface area contributed by atoms with Gasteiger partial charge in [0.25, 0.3) is 5.91 Å². The van der Waals surface area contributed by atoms with Crippen LogP contribution in [0.5, 0.6) is 0 Å². The van der Waals surface area contributed by atoms with E-state index in [1.165, 1.54) is 6.42 Å². The summed E-state index contributed by atoms with van der Waals surface area (Å²) in [7, 11) is 0. The highest BCUT2D eigenvalue weighted by molar-refractivity contribution is 5.87. The molecule has 0 unspecified atom stereocenters. The minimum absolute atomic E-state index is 0.125. The first kappa shape index (κ1) is 14.2. The van der Waals surface area contributed by atoms with Crippen LogP contribution in [-0.4, -0.2) is 24.4 Å². The molecule has 0 radical (unpaired) electrons. The average Bonchev–Trinajstić information content (AvgIpc) is 2.52. The zero-order chi connectivity index (χ0) is 14.0. The van der Waals surface area contributed by atoms with Crippen LogP contribution in [0.3, 0.4) is 0 Å². The molecular weight excluding hydrogens is 254 g/mol. The number of hydrogen-bond donors (Lipinski definition) is 1. The second kappa shape index (κ2) is 8.09. The van der Waals surface area contributed by atoms with Gasteiger partial charge in [-0.25, -0.2) is 5.43 Å². The third-order valence-corrected chi connectivity index (χ3v) is 3.04. The maximum atomic E-state index is 11.5. The molecule has 1 fully saturated rings. The molecule has 20 heavy (non-hydrogen) atoms. The van der Waals surface area contributed by atoms with Crippen LogP contribution in [0.15, 0.2) is 40.6 Å². The van der Waals surface area contributed by atoms with E-state index in [1.54, 1.807) is 6.21 Å². The van der Waals surface area contributed by atoms with Crippen molar-refractivity contribution in [3.63, 3.8) is 0 Å². The maximum absolute atomic E-state index is 11.5. The number of benzene rings is 1. The van der Waals surface area contributed by atoms with Crippen molar-refractivity contribution in [2.24, 2.45) is 10.3 Å². The van der Waals surface area contributed by atoms with Crippen molar-refractivity contribution >= 4 is 17.8 Å². The molecule has 5 nitrogen and oxygen atoms in total. The summed E-state index contributed by atoms with van der Waals surface area (Å²) in [5.41, 5.74) is 4.49. The molecule has 1 aromatic carbocycles. The van der Waals surface area contributed by atoms with Gasteiger partial charge in [0.05, 0.1) is 6.21 Å².